The van der Waals surface area contributed by atoms with Gasteiger partial charge in [-0.25, -0.2) is 9.59 Å². The van der Waals surface area contributed by atoms with Gasteiger partial charge in [0.05, 0.1) is 11.1 Å². The number of urea groups is 2. The van der Waals surface area contributed by atoms with Crippen molar-refractivity contribution in [2.24, 2.45) is 5.92 Å². The molecule has 4 N–H and O–H groups in total. The number of benzene rings is 2. The minimum atomic E-state index is -2.71. The van der Waals surface area contributed by atoms with Crippen molar-refractivity contribution in [1.82, 2.24) is 21.3 Å². The molecule has 0 aliphatic carbocycles. The second-order valence-electron chi connectivity index (χ2n) is 14.1. The Labute approximate surface area is 308 Å². The summed E-state index contributed by atoms with van der Waals surface area (Å²) in [6.07, 6.45) is 11.7. The topological polar surface area (TPSA) is 110 Å². The highest BCUT2D eigenvalue weighted by Gasteiger charge is 2.37. The van der Waals surface area contributed by atoms with Crippen LogP contribution >= 0.6 is 0 Å². The van der Waals surface area contributed by atoms with Gasteiger partial charge in [-0.2, -0.15) is 0 Å². The number of carbonyl (C=O) groups is 2. The van der Waals surface area contributed by atoms with Crippen molar-refractivity contribution < 1.29 is 22.9 Å². The Hall–Kier alpha value is -3.96. The summed E-state index contributed by atoms with van der Waals surface area (Å²) in [6, 6.07) is 16.4. The second-order valence-corrected chi connectivity index (χ2v) is 17.2. The fraction of sp³-hybridized carbons (Fsp3) is 0.463. The second kappa shape index (κ2) is 20.8. The van der Waals surface area contributed by atoms with Crippen molar-refractivity contribution in [1.29, 1.82) is 0 Å². The van der Waals surface area contributed by atoms with E-state index in [0.717, 1.165) is 59.1 Å². The van der Waals surface area contributed by atoms with Gasteiger partial charge in [0.15, 0.2) is 0 Å². The molecule has 2 aromatic rings. The first-order valence-electron chi connectivity index (χ1n) is 17.7. The van der Waals surface area contributed by atoms with Gasteiger partial charge >= 0.3 is 20.9 Å². The fourth-order valence-corrected chi connectivity index (χ4v) is 7.55. The van der Waals surface area contributed by atoms with Crippen LogP contribution in [-0.4, -0.2) is 55.3 Å². The molecule has 9 nitrogen and oxygen atoms in total. The zero-order valence-corrected chi connectivity index (χ0v) is 33.4. The van der Waals surface area contributed by atoms with Gasteiger partial charge in [0.25, 0.3) is 0 Å². The van der Waals surface area contributed by atoms with Crippen LogP contribution in [0.2, 0.25) is 6.04 Å². The van der Waals surface area contributed by atoms with Crippen molar-refractivity contribution in [3.63, 3.8) is 0 Å². The van der Waals surface area contributed by atoms with E-state index in [1.807, 2.05) is 90.1 Å². The number of amides is 4. The van der Waals surface area contributed by atoms with Crippen LogP contribution in [0.4, 0.5) is 9.59 Å². The summed E-state index contributed by atoms with van der Waals surface area (Å²) in [7, 11) is 2.20. The van der Waals surface area contributed by atoms with E-state index in [-0.39, 0.29) is 12.1 Å². The van der Waals surface area contributed by atoms with Crippen LogP contribution in [0, 0.1) is 5.92 Å². The highest BCUT2D eigenvalue weighted by Crippen LogP contribution is 2.26. The molecular formula is C41H62N4O5Si. The molecule has 1 unspecified atom stereocenters. The van der Waals surface area contributed by atoms with Gasteiger partial charge < -0.3 is 34.5 Å². The molecule has 0 aliphatic rings. The minimum absolute atomic E-state index is 0.226. The van der Waals surface area contributed by atoms with Gasteiger partial charge in [-0.3, -0.25) is 0 Å². The normalized spacial score (nSPS) is 12.9. The van der Waals surface area contributed by atoms with Gasteiger partial charge in [-0.15, -0.1) is 0 Å². The lowest BCUT2D eigenvalue weighted by molar-refractivity contribution is 0.121. The molecule has 0 saturated carbocycles. The van der Waals surface area contributed by atoms with Gasteiger partial charge in [0.2, 0.25) is 0 Å². The summed E-state index contributed by atoms with van der Waals surface area (Å²) in [5, 5.41) is 12.0. The molecule has 0 saturated heterocycles. The first kappa shape index (κ1) is 43.2. The highest BCUT2D eigenvalue weighted by molar-refractivity contribution is 6.60. The standard InChI is InChI=1S/C41H62N4O5Si/c1-31(2)34-21-17-23-36(29-34)40(5,6)44-38(46)42-26-15-12-13-19-33(25-28-51(48-9,49-10)50-11)20-14-16-27-43-39(47)45-41(7,8)37-24-18-22-35(30-37)32(3)4/h12,14-18,21-24,29-30,33H,1,3,13,19-20,25-28H2,2,4-11H3,(H2,42,44,46)(H2,43,45,47)/b15-12+,16-14+. The van der Waals surface area contributed by atoms with Crippen molar-refractivity contribution in [3.05, 3.63) is 108 Å². The Balaban J connectivity index is 1.88. The van der Waals surface area contributed by atoms with Gasteiger partial charge in [0.1, 0.15) is 0 Å². The lowest BCUT2D eigenvalue weighted by atomic mass is 9.92. The van der Waals surface area contributed by atoms with Crippen LogP contribution in [0.5, 0.6) is 0 Å². The summed E-state index contributed by atoms with van der Waals surface area (Å²) >= 11 is 0. The van der Waals surface area contributed by atoms with Gasteiger partial charge in [-0.1, -0.05) is 85.0 Å². The molecule has 0 spiro atoms. The first-order chi connectivity index (χ1) is 24.1. The molecule has 1 atom stereocenters. The molecule has 2 aromatic carbocycles. The third-order valence-electron chi connectivity index (χ3n) is 9.10. The molecular weight excluding hydrogens is 657 g/mol. The van der Waals surface area contributed by atoms with Crippen molar-refractivity contribution >= 4 is 32.0 Å². The van der Waals surface area contributed by atoms with Crippen LogP contribution in [0.1, 0.15) is 89.5 Å². The van der Waals surface area contributed by atoms with E-state index >= 15 is 0 Å². The first-order valence-corrected chi connectivity index (χ1v) is 19.6. The van der Waals surface area contributed by atoms with Crippen LogP contribution in [0.3, 0.4) is 0 Å². The number of hydrogen-bond acceptors (Lipinski definition) is 5. The lowest BCUT2D eigenvalue weighted by Gasteiger charge is -2.27. The molecule has 0 fully saturated rings. The quantitative estimate of drug-likeness (QED) is 0.0763. The number of rotatable bonds is 21. The van der Waals surface area contributed by atoms with Crippen LogP contribution < -0.4 is 21.3 Å². The average molecular weight is 719 g/mol. The van der Waals surface area contributed by atoms with Crippen LogP contribution in [-0.2, 0) is 24.4 Å². The smallest absolute Gasteiger partial charge is 0.377 e. The highest BCUT2D eigenvalue weighted by atomic mass is 28.4. The third-order valence-corrected chi connectivity index (χ3v) is 11.9. The Morgan fingerprint density at radius 2 is 1.18 bits per heavy atom. The lowest BCUT2D eigenvalue weighted by Crippen LogP contribution is -2.46. The number of nitrogens with one attached hydrogen (secondary N) is 4. The molecule has 0 radical (unpaired) electrons. The van der Waals surface area contributed by atoms with E-state index in [1.54, 1.807) is 21.3 Å². The fourth-order valence-electron chi connectivity index (χ4n) is 5.67. The Morgan fingerprint density at radius 3 is 1.61 bits per heavy atom. The van der Waals surface area contributed by atoms with Crippen molar-refractivity contribution in [2.75, 3.05) is 34.4 Å². The summed E-state index contributed by atoms with van der Waals surface area (Å²) in [6.45, 7) is 20.8. The zero-order chi connectivity index (χ0) is 38.1. The molecule has 280 valence electrons. The maximum atomic E-state index is 12.7. The molecule has 0 bridgehead atoms. The molecule has 2 rings (SSSR count). The van der Waals surface area contributed by atoms with Crippen molar-refractivity contribution in [3.8, 4) is 0 Å². The van der Waals surface area contributed by atoms with Crippen molar-refractivity contribution in [2.45, 2.75) is 84.3 Å². The molecule has 4 amide bonds. The Kier molecular flexibility index (Phi) is 17.6. The van der Waals surface area contributed by atoms with Gasteiger partial charge in [0, 0.05) is 40.5 Å². The SMILES string of the molecule is C=C(C)c1cccc(C(C)(C)NC(=O)NC/C=C/CCC(C/C=C/CNC(=O)NC(C)(C)c2cccc(C(=C)C)c2)CC[Si](OC)(OC)OC)c1. The number of allylic oxidation sites excluding steroid dienone is 4. The summed E-state index contributed by atoms with van der Waals surface area (Å²) in [4.78, 5) is 25.4. The van der Waals surface area contributed by atoms with Crippen LogP contribution in [0.25, 0.3) is 11.1 Å². The largest absolute Gasteiger partial charge is 0.500 e. The summed E-state index contributed by atoms with van der Waals surface area (Å²) in [5.74, 6) is 0.346. The Bertz CT molecular complexity index is 1500. The summed E-state index contributed by atoms with van der Waals surface area (Å²) < 4.78 is 17.0. The minimum Gasteiger partial charge on any atom is -0.377 e. The molecule has 0 aromatic heterocycles. The Morgan fingerprint density at radius 1 is 0.725 bits per heavy atom. The molecule has 10 heteroatoms. The molecule has 0 aliphatic heterocycles. The zero-order valence-electron chi connectivity index (χ0n) is 32.4. The van der Waals surface area contributed by atoms with Gasteiger partial charge in [-0.05, 0) is 108 Å². The number of carbonyl (C=O) groups excluding carboxylic acids is 2. The van der Waals surface area contributed by atoms with E-state index in [1.165, 1.54) is 0 Å². The average Bonchev–Trinajstić information content (AvgIpc) is 3.09. The van der Waals surface area contributed by atoms with E-state index in [0.29, 0.717) is 25.1 Å². The predicted octanol–water partition coefficient (Wildman–Crippen LogP) is 8.69. The van der Waals surface area contributed by atoms with E-state index < -0.39 is 19.9 Å². The predicted molar refractivity (Wildman–Crippen MR) is 213 cm³/mol. The summed E-state index contributed by atoms with van der Waals surface area (Å²) in [5.41, 5.74) is 5.00. The van der Waals surface area contributed by atoms with E-state index in [2.05, 4.69) is 58.7 Å². The molecule has 51 heavy (non-hydrogen) atoms. The van der Waals surface area contributed by atoms with E-state index in [9.17, 15) is 9.59 Å². The maximum absolute atomic E-state index is 12.7. The van der Waals surface area contributed by atoms with E-state index in [4.69, 9.17) is 13.3 Å². The van der Waals surface area contributed by atoms with Crippen LogP contribution in [0.15, 0.2) is 86.0 Å². The third kappa shape index (κ3) is 14.7. The number of hydrogen-bond donors (Lipinski definition) is 4. The monoisotopic (exact) mass is 718 g/mol. The maximum Gasteiger partial charge on any atom is 0.500 e. The molecule has 0 heterocycles.